The van der Waals surface area contributed by atoms with Crippen molar-refractivity contribution in [2.24, 2.45) is 0 Å². The van der Waals surface area contributed by atoms with Crippen molar-refractivity contribution in [1.29, 1.82) is 0 Å². The zero-order valence-corrected chi connectivity index (χ0v) is 14.1. The Kier molecular flexibility index (Phi) is 5.31. The lowest BCUT2D eigenvalue weighted by molar-refractivity contribution is 0.226. The molecule has 0 spiro atoms. The van der Waals surface area contributed by atoms with Gasteiger partial charge in [0.2, 0.25) is 0 Å². The lowest BCUT2D eigenvalue weighted by Crippen LogP contribution is -2.32. The Morgan fingerprint density at radius 1 is 1.29 bits per heavy atom. The lowest BCUT2D eigenvalue weighted by Gasteiger charge is -2.18. The molecule has 2 aromatic rings. The van der Waals surface area contributed by atoms with Gasteiger partial charge in [0.15, 0.2) is 0 Å². The molecule has 2 amide bonds. The molecular weight excluding hydrogens is 300 g/mol. The first-order valence-corrected chi connectivity index (χ1v) is 8.51. The van der Waals surface area contributed by atoms with Crippen LogP contribution in [0.2, 0.25) is 0 Å². The fourth-order valence-electron chi connectivity index (χ4n) is 3.05. The molecule has 0 saturated heterocycles. The third kappa shape index (κ3) is 4.04. The number of nitrogens with one attached hydrogen (secondary N) is 1. The molecule has 0 bridgehead atoms. The van der Waals surface area contributed by atoms with Gasteiger partial charge < -0.3 is 4.90 Å². The van der Waals surface area contributed by atoms with E-state index in [4.69, 9.17) is 0 Å². The molecule has 24 heavy (non-hydrogen) atoms. The van der Waals surface area contributed by atoms with E-state index in [-0.39, 0.29) is 6.03 Å². The van der Waals surface area contributed by atoms with Gasteiger partial charge in [0, 0.05) is 19.7 Å². The maximum Gasteiger partial charge on any atom is 0.323 e. The van der Waals surface area contributed by atoms with E-state index in [1.54, 1.807) is 18.1 Å². The number of aromatic nitrogens is 2. The second-order valence-electron chi connectivity index (χ2n) is 6.22. The Labute approximate surface area is 143 Å². The van der Waals surface area contributed by atoms with Crippen LogP contribution in [0, 0.1) is 0 Å². The van der Waals surface area contributed by atoms with Crippen molar-refractivity contribution in [3.8, 4) is 0 Å². The number of carbonyl (C=O) groups is 1. The molecule has 5 heteroatoms. The fraction of sp³-hybridized carbons (Fsp3) is 0.368. The summed E-state index contributed by atoms with van der Waals surface area (Å²) in [7, 11) is 1.79. The van der Waals surface area contributed by atoms with Gasteiger partial charge in [-0.15, -0.1) is 0 Å². The standard InChI is InChI=1S/C19H24N4O/c1-22(15-7-10-16-8-3-2-4-9-16)19(24)21-18-13-14-20-23(18)17-11-5-6-12-17/h2-4,7-10,13-14,17H,5-6,11-12,15H2,1H3,(H,21,24). The molecule has 1 aromatic heterocycles. The van der Waals surface area contributed by atoms with Crippen LogP contribution in [-0.4, -0.2) is 34.3 Å². The third-order valence-electron chi connectivity index (χ3n) is 4.41. The highest BCUT2D eigenvalue weighted by atomic mass is 16.2. The van der Waals surface area contributed by atoms with Crippen LogP contribution >= 0.6 is 0 Å². The average molecular weight is 324 g/mol. The minimum atomic E-state index is -0.118. The Morgan fingerprint density at radius 2 is 2.04 bits per heavy atom. The zero-order chi connectivity index (χ0) is 16.8. The molecule has 1 aliphatic carbocycles. The molecule has 1 aromatic carbocycles. The van der Waals surface area contributed by atoms with Gasteiger partial charge in [-0.2, -0.15) is 5.10 Å². The van der Waals surface area contributed by atoms with Crippen LogP contribution < -0.4 is 5.32 Å². The summed E-state index contributed by atoms with van der Waals surface area (Å²) in [5, 5.41) is 7.35. The number of anilines is 1. The Morgan fingerprint density at radius 3 is 2.79 bits per heavy atom. The van der Waals surface area contributed by atoms with Crippen molar-refractivity contribution in [2.75, 3.05) is 18.9 Å². The first kappa shape index (κ1) is 16.3. The van der Waals surface area contributed by atoms with E-state index >= 15 is 0 Å². The van der Waals surface area contributed by atoms with E-state index in [1.807, 2.05) is 53.2 Å². The van der Waals surface area contributed by atoms with Crippen LogP contribution in [0.1, 0.15) is 37.3 Å². The molecule has 0 radical (unpaired) electrons. The second kappa shape index (κ2) is 7.81. The van der Waals surface area contributed by atoms with E-state index in [0.29, 0.717) is 12.6 Å². The van der Waals surface area contributed by atoms with Gasteiger partial charge in [0.25, 0.3) is 0 Å². The number of hydrogen-bond acceptors (Lipinski definition) is 2. The predicted octanol–water partition coefficient (Wildman–Crippen LogP) is 4.18. The summed E-state index contributed by atoms with van der Waals surface area (Å²) in [5.41, 5.74) is 1.13. The maximum absolute atomic E-state index is 12.4. The fourth-order valence-corrected chi connectivity index (χ4v) is 3.05. The first-order valence-electron chi connectivity index (χ1n) is 8.51. The van der Waals surface area contributed by atoms with Crippen molar-refractivity contribution in [3.05, 3.63) is 54.2 Å². The van der Waals surface area contributed by atoms with Crippen molar-refractivity contribution in [1.82, 2.24) is 14.7 Å². The van der Waals surface area contributed by atoms with Crippen LogP contribution in [0.15, 0.2) is 48.7 Å². The molecule has 1 heterocycles. The van der Waals surface area contributed by atoms with Crippen molar-refractivity contribution in [3.63, 3.8) is 0 Å². The lowest BCUT2D eigenvalue weighted by atomic mass is 10.2. The van der Waals surface area contributed by atoms with Gasteiger partial charge in [0.05, 0.1) is 12.2 Å². The van der Waals surface area contributed by atoms with Crippen LogP contribution in [0.5, 0.6) is 0 Å². The SMILES string of the molecule is CN(CC=Cc1ccccc1)C(=O)Nc1ccnn1C1CCCC1. The van der Waals surface area contributed by atoms with Gasteiger partial charge in [-0.3, -0.25) is 5.32 Å². The summed E-state index contributed by atoms with van der Waals surface area (Å²) in [5.74, 6) is 0.783. The Hall–Kier alpha value is -2.56. The first-order chi connectivity index (χ1) is 11.7. The van der Waals surface area contributed by atoms with E-state index in [1.165, 1.54) is 12.8 Å². The van der Waals surface area contributed by atoms with Gasteiger partial charge in [-0.05, 0) is 18.4 Å². The molecular formula is C19H24N4O. The van der Waals surface area contributed by atoms with Crippen LogP contribution in [0.25, 0.3) is 6.08 Å². The van der Waals surface area contributed by atoms with E-state index in [0.717, 1.165) is 24.2 Å². The molecule has 1 aliphatic rings. The number of hydrogen-bond donors (Lipinski definition) is 1. The normalized spacial score (nSPS) is 15.0. The number of urea groups is 1. The van der Waals surface area contributed by atoms with Crippen LogP contribution in [0.3, 0.4) is 0 Å². The highest BCUT2D eigenvalue weighted by Gasteiger charge is 2.20. The minimum absolute atomic E-state index is 0.118. The topological polar surface area (TPSA) is 50.2 Å². The number of likely N-dealkylation sites (N-methyl/N-ethyl adjacent to an activating group) is 1. The van der Waals surface area contributed by atoms with Crippen LogP contribution in [0.4, 0.5) is 10.6 Å². The molecule has 1 fully saturated rings. The third-order valence-corrected chi connectivity index (χ3v) is 4.41. The number of nitrogens with zero attached hydrogens (tertiary/aromatic N) is 3. The highest BCUT2D eigenvalue weighted by molar-refractivity contribution is 5.88. The summed E-state index contributed by atoms with van der Waals surface area (Å²) in [6, 6.07) is 12.2. The summed E-state index contributed by atoms with van der Waals surface area (Å²) in [4.78, 5) is 14.0. The minimum Gasteiger partial charge on any atom is -0.324 e. The summed E-state index contributed by atoms with van der Waals surface area (Å²) in [6.45, 7) is 0.554. The highest BCUT2D eigenvalue weighted by Crippen LogP contribution is 2.31. The number of amides is 2. The van der Waals surface area contributed by atoms with Gasteiger partial charge in [0.1, 0.15) is 5.82 Å². The molecule has 3 rings (SSSR count). The second-order valence-corrected chi connectivity index (χ2v) is 6.22. The predicted molar refractivity (Wildman–Crippen MR) is 96.9 cm³/mol. The van der Waals surface area contributed by atoms with E-state index in [9.17, 15) is 4.79 Å². The van der Waals surface area contributed by atoms with Gasteiger partial charge >= 0.3 is 6.03 Å². The average Bonchev–Trinajstić information content (AvgIpc) is 3.26. The Bertz CT molecular complexity index is 686. The van der Waals surface area contributed by atoms with Crippen molar-refractivity contribution < 1.29 is 4.79 Å². The smallest absolute Gasteiger partial charge is 0.323 e. The Balaban J connectivity index is 1.55. The summed E-state index contributed by atoms with van der Waals surface area (Å²) >= 11 is 0. The largest absolute Gasteiger partial charge is 0.324 e. The van der Waals surface area contributed by atoms with Crippen LogP contribution in [-0.2, 0) is 0 Å². The molecule has 0 unspecified atom stereocenters. The van der Waals surface area contributed by atoms with Crippen molar-refractivity contribution >= 4 is 17.9 Å². The molecule has 1 N–H and O–H groups in total. The maximum atomic E-state index is 12.4. The number of carbonyl (C=O) groups excluding carboxylic acids is 1. The van der Waals surface area contributed by atoms with Gasteiger partial charge in [-0.1, -0.05) is 55.3 Å². The summed E-state index contributed by atoms with van der Waals surface area (Å²) in [6.07, 6.45) is 10.5. The van der Waals surface area contributed by atoms with Crippen molar-refractivity contribution in [2.45, 2.75) is 31.7 Å². The van der Waals surface area contributed by atoms with Gasteiger partial charge in [-0.25, -0.2) is 9.48 Å². The molecule has 1 saturated carbocycles. The van der Waals surface area contributed by atoms with E-state index < -0.39 is 0 Å². The number of rotatable bonds is 5. The molecule has 126 valence electrons. The quantitative estimate of drug-likeness (QED) is 0.897. The monoisotopic (exact) mass is 324 g/mol. The molecule has 0 atom stereocenters. The summed E-state index contributed by atoms with van der Waals surface area (Å²) < 4.78 is 1.96. The molecule has 0 aliphatic heterocycles. The molecule has 5 nitrogen and oxygen atoms in total. The zero-order valence-electron chi connectivity index (χ0n) is 14.1. The van der Waals surface area contributed by atoms with E-state index in [2.05, 4.69) is 10.4 Å². The number of benzene rings is 1.